The quantitative estimate of drug-likeness (QED) is 0.355. The Morgan fingerprint density at radius 1 is 1.76 bits per heavy atom. The van der Waals surface area contributed by atoms with Crippen molar-refractivity contribution in [2.45, 2.75) is 44.9 Å². The minimum absolute atomic E-state index is 0.0206. The maximum Gasteiger partial charge on any atom is 0.206 e. The van der Waals surface area contributed by atoms with Gasteiger partial charge in [0.15, 0.2) is 5.82 Å². The molecule has 0 radical (unpaired) electrons. The van der Waals surface area contributed by atoms with Crippen molar-refractivity contribution >= 4 is 5.84 Å². The zero-order valence-electron chi connectivity index (χ0n) is 10.1. The second kappa shape index (κ2) is 4.37. The van der Waals surface area contributed by atoms with Crippen LogP contribution in [0.25, 0.3) is 0 Å². The van der Waals surface area contributed by atoms with Gasteiger partial charge in [-0.2, -0.15) is 0 Å². The highest BCUT2D eigenvalue weighted by molar-refractivity contribution is 5.93. The van der Waals surface area contributed by atoms with Crippen molar-refractivity contribution in [3.05, 3.63) is 18.2 Å². The molecule has 1 unspecified atom stereocenters. The molecule has 1 aromatic rings. The summed E-state index contributed by atoms with van der Waals surface area (Å²) in [4.78, 5) is 4.06. The minimum atomic E-state index is -0.0535. The van der Waals surface area contributed by atoms with Crippen LogP contribution in [0.2, 0.25) is 0 Å². The van der Waals surface area contributed by atoms with E-state index in [2.05, 4.69) is 24.0 Å². The van der Waals surface area contributed by atoms with Gasteiger partial charge in [0.25, 0.3) is 0 Å². The molecule has 1 atom stereocenters. The van der Waals surface area contributed by atoms with Crippen molar-refractivity contribution in [1.82, 2.24) is 9.55 Å². The number of nitrogens with zero attached hydrogens (tertiary/aromatic N) is 3. The molecule has 1 aliphatic heterocycles. The smallest absolute Gasteiger partial charge is 0.206 e. The number of oxime groups is 1. The molecular weight excluding hydrogens is 220 g/mol. The summed E-state index contributed by atoms with van der Waals surface area (Å²) in [5, 5.41) is 11.6. The van der Waals surface area contributed by atoms with Crippen LogP contribution in [0, 0.1) is 0 Å². The van der Waals surface area contributed by atoms with E-state index in [-0.39, 0.29) is 17.5 Å². The van der Waals surface area contributed by atoms with E-state index >= 15 is 0 Å². The van der Waals surface area contributed by atoms with Crippen LogP contribution in [0.3, 0.4) is 0 Å². The Labute approximate surface area is 100 Å². The first kappa shape index (κ1) is 11.9. The summed E-state index contributed by atoms with van der Waals surface area (Å²) in [5.74, 6) is 0.494. The van der Waals surface area contributed by atoms with Gasteiger partial charge < -0.3 is 20.2 Å². The van der Waals surface area contributed by atoms with Gasteiger partial charge in [-0.25, -0.2) is 4.98 Å². The van der Waals surface area contributed by atoms with Crippen molar-refractivity contribution in [3.8, 4) is 0 Å². The van der Waals surface area contributed by atoms with Crippen LogP contribution < -0.4 is 5.73 Å². The molecule has 0 spiro atoms. The Morgan fingerprint density at radius 3 is 3.12 bits per heavy atom. The van der Waals surface area contributed by atoms with E-state index in [0.717, 1.165) is 12.8 Å². The monoisotopic (exact) mass is 238 g/mol. The number of amidine groups is 1. The zero-order chi connectivity index (χ0) is 12.5. The summed E-state index contributed by atoms with van der Waals surface area (Å²) >= 11 is 0. The van der Waals surface area contributed by atoms with Crippen LogP contribution in [0.15, 0.2) is 17.5 Å². The van der Waals surface area contributed by atoms with E-state index in [1.807, 2.05) is 10.8 Å². The molecule has 94 valence electrons. The van der Waals surface area contributed by atoms with Gasteiger partial charge in [0.2, 0.25) is 5.84 Å². The number of rotatable bonds is 3. The molecular formula is C11H18N4O2. The van der Waals surface area contributed by atoms with Crippen molar-refractivity contribution in [2.24, 2.45) is 10.9 Å². The molecule has 0 amide bonds. The molecule has 3 N–H and O–H groups in total. The molecule has 0 aromatic carbocycles. The number of ether oxygens (including phenoxy) is 1. The Kier molecular flexibility index (Phi) is 3.06. The first-order valence-corrected chi connectivity index (χ1v) is 5.69. The molecule has 1 saturated heterocycles. The first-order chi connectivity index (χ1) is 8.02. The maximum atomic E-state index is 8.65. The fourth-order valence-corrected chi connectivity index (χ4v) is 2.16. The molecule has 2 rings (SSSR count). The topological polar surface area (TPSA) is 85.7 Å². The SMILES string of the molecule is CC1(C)CCC(Cn2ccnc2/C(N)=N/O)O1. The summed E-state index contributed by atoms with van der Waals surface area (Å²) < 4.78 is 7.75. The van der Waals surface area contributed by atoms with E-state index in [1.54, 1.807) is 6.20 Å². The molecule has 6 heteroatoms. The predicted molar refractivity (Wildman–Crippen MR) is 62.9 cm³/mol. The van der Waals surface area contributed by atoms with Gasteiger partial charge in [-0.3, -0.25) is 0 Å². The first-order valence-electron chi connectivity index (χ1n) is 5.69. The average molecular weight is 238 g/mol. The van der Waals surface area contributed by atoms with Crippen molar-refractivity contribution < 1.29 is 9.94 Å². The fourth-order valence-electron chi connectivity index (χ4n) is 2.16. The molecule has 17 heavy (non-hydrogen) atoms. The van der Waals surface area contributed by atoms with Gasteiger partial charge >= 0.3 is 0 Å². The van der Waals surface area contributed by atoms with Gasteiger partial charge in [0, 0.05) is 12.4 Å². The van der Waals surface area contributed by atoms with Gasteiger partial charge in [-0.05, 0) is 26.7 Å². The van der Waals surface area contributed by atoms with Crippen molar-refractivity contribution in [3.63, 3.8) is 0 Å². The molecule has 1 aromatic heterocycles. The van der Waals surface area contributed by atoms with Crippen LogP contribution in [0.1, 0.15) is 32.5 Å². The summed E-state index contributed by atoms with van der Waals surface area (Å²) in [6, 6.07) is 0. The van der Waals surface area contributed by atoms with E-state index in [9.17, 15) is 0 Å². The van der Waals surface area contributed by atoms with Gasteiger partial charge in [0.05, 0.1) is 18.2 Å². The molecule has 1 aliphatic rings. The lowest BCUT2D eigenvalue weighted by Gasteiger charge is -2.19. The van der Waals surface area contributed by atoms with E-state index < -0.39 is 0 Å². The van der Waals surface area contributed by atoms with E-state index in [4.69, 9.17) is 15.7 Å². The summed E-state index contributed by atoms with van der Waals surface area (Å²) in [6.07, 6.45) is 5.66. The number of nitrogens with two attached hydrogens (primary N) is 1. The predicted octanol–water partition coefficient (Wildman–Crippen LogP) is 0.935. The largest absolute Gasteiger partial charge is 0.409 e. The summed E-state index contributed by atoms with van der Waals surface area (Å²) in [7, 11) is 0. The molecule has 0 bridgehead atoms. The Hall–Kier alpha value is -1.56. The van der Waals surface area contributed by atoms with Crippen molar-refractivity contribution in [1.29, 1.82) is 0 Å². The molecule has 1 fully saturated rings. The van der Waals surface area contributed by atoms with E-state index in [0.29, 0.717) is 12.4 Å². The third-order valence-electron chi connectivity index (χ3n) is 3.01. The van der Waals surface area contributed by atoms with Crippen LogP contribution >= 0.6 is 0 Å². The van der Waals surface area contributed by atoms with Gasteiger partial charge in [-0.15, -0.1) is 0 Å². The lowest BCUT2D eigenvalue weighted by Crippen LogP contribution is -2.26. The van der Waals surface area contributed by atoms with E-state index in [1.165, 1.54) is 0 Å². The van der Waals surface area contributed by atoms with Crippen LogP contribution in [0.5, 0.6) is 0 Å². The standard InChI is InChI=1S/C11H18N4O2/c1-11(2)4-3-8(17-11)7-15-6-5-13-10(15)9(12)14-16/h5-6,8,16H,3-4,7H2,1-2H3,(H2,12,14). The number of hydrogen-bond donors (Lipinski definition) is 2. The number of hydrogen-bond acceptors (Lipinski definition) is 4. The maximum absolute atomic E-state index is 8.65. The zero-order valence-corrected chi connectivity index (χ0v) is 10.1. The highest BCUT2D eigenvalue weighted by Gasteiger charge is 2.32. The Morgan fingerprint density at radius 2 is 2.53 bits per heavy atom. The van der Waals surface area contributed by atoms with Gasteiger partial charge in [0.1, 0.15) is 0 Å². The van der Waals surface area contributed by atoms with Crippen molar-refractivity contribution in [2.75, 3.05) is 0 Å². The van der Waals surface area contributed by atoms with Crippen LogP contribution in [0.4, 0.5) is 0 Å². The average Bonchev–Trinajstić information content (AvgIpc) is 2.85. The highest BCUT2D eigenvalue weighted by Crippen LogP contribution is 2.30. The molecule has 0 aliphatic carbocycles. The normalized spacial score (nSPS) is 24.1. The Balaban J connectivity index is 2.08. The summed E-state index contributed by atoms with van der Waals surface area (Å²) in [5.41, 5.74) is 5.49. The Bertz CT molecular complexity index is 425. The minimum Gasteiger partial charge on any atom is -0.409 e. The lowest BCUT2D eigenvalue weighted by atomic mass is 10.1. The number of aromatic nitrogens is 2. The third-order valence-corrected chi connectivity index (χ3v) is 3.01. The van der Waals surface area contributed by atoms with Crippen LogP contribution in [-0.4, -0.2) is 32.3 Å². The van der Waals surface area contributed by atoms with Crippen LogP contribution in [-0.2, 0) is 11.3 Å². The second-order valence-electron chi connectivity index (χ2n) is 4.93. The summed E-state index contributed by atoms with van der Waals surface area (Å²) in [6.45, 7) is 4.85. The fraction of sp³-hybridized carbons (Fsp3) is 0.636. The molecule has 0 saturated carbocycles. The molecule has 2 heterocycles. The third kappa shape index (κ3) is 2.58. The lowest BCUT2D eigenvalue weighted by molar-refractivity contribution is -0.0217. The highest BCUT2D eigenvalue weighted by atomic mass is 16.5. The second-order valence-corrected chi connectivity index (χ2v) is 4.93. The molecule has 6 nitrogen and oxygen atoms in total. The number of imidazole rings is 1. The van der Waals surface area contributed by atoms with Gasteiger partial charge in [-0.1, -0.05) is 5.16 Å².